The van der Waals surface area contributed by atoms with Crippen LogP contribution in [-0.4, -0.2) is 233 Å². The van der Waals surface area contributed by atoms with Gasteiger partial charge in [0, 0.05) is 140 Å². The molecule has 14 aromatic rings. The summed E-state index contributed by atoms with van der Waals surface area (Å²) in [4.78, 5) is 230. The molecular formula is C101H93N29O13S7. The zero-order chi connectivity index (χ0) is 105. The highest BCUT2D eigenvalue weighted by Gasteiger charge is 2.48. The summed E-state index contributed by atoms with van der Waals surface area (Å²) in [6.07, 6.45) is 25.5. The van der Waals surface area contributed by atoms with E-state index in [1.54, 1.807) is 109 Å². The number of thioether (sulfide) groups is 5. The molecule has 0 aliphatic carbocycles. The van der Waals surface area contributed by atoms with Crippen LogP contribution < -0.4 is 60.5 Å². The number of para-hydroxylation sites is 3. The van der Waals surface area contributed by atoms with Crippen LogP contribution in [0.2, 0.25) is 0 Å². The van der Waals surface area contributed by atoms with Crippen molar-refractivity contribution >= 4 is 254 Å². The number of nitrogens with two attached hydrogens (primary N) is 1. The molecule has 762 valence electrons. The van der Waals surface area contributed by atoms with E-state index in [-0.39, 0.29) is 97.2 Å². The van der Waals surface area contributed by atoms with Gasteiger partial charge in [0.05, 0.1) is 118 Å². The number of tetrazole rings is 1. The number of carbonyl (C=O) groups is 12. The van der Waals surface area contributed by atoms with Crippen LogP contribution in [0.25, 0.3) is 65.0 Å². The van der Waals surface area contributed by atoms with Crippen LogP contribution in [0.1, 0.15) is 126 Å². The van der Waals surface area contributed by atoms with Crippen LogP contribution >= 0.6 is 81.5 Å². The monoisotopic (exact) mass is 2140 g/mol. The second-order valence-electron chi connectivity index (χ2n) is 34.8. The quantitative estimate of drug-likeness (QED) is 0.0188. The number of nitrogen functional groups attached to an aromatic ring is 1. The van der Waals surface area contributed by atoms with Crippen molar-refractivity contribution in [1.82, 2.24) is 111 Å². The van der Waals surface area contributed by atoms with E-state index in [0.717, 1.165) is 160 Å². The smallest absolute Gasteiger partial charge is 0.305 e. The van der Waals surface area contributed by atoms with Gasteiger partial charge in [-0.15, -0.1) is 10.2 Å². The molecule has 11 aromatic heterocycles. The molecule has 0 saturated carbocycles. The van der Waals surface area contributed by atoms with Gasteiger partial charge in [-0.2, -0.15) is 16.6 Å². The molecule has 8 aliphatic heterocycles. The van der Waals surface area contributed by atoms with Crippen LogP contribution in [0.15, 0.2) is 199 Å². The fourth-order valence-electron chi connectivity index (χ4n) is 16.3. The summed E-state index contributed by atoms with van der Waals surface area (Å²) in [6.45, 7) is 9.16. The Morgan fingerprint density at radius 3 is 1.44 bits per heavy atom. The van der Waals surface area contributed by atoms with E-state index >= 15 is 0 Å². The number of H-pyrrole nitrogens is 4. The van der Waals surface area contributed by atoms with Gasteiger partial charge in [-0.25, -0.2) is 64.8 Å². The van der Waals surface area contributed by atoms with Crippen molar-refractivity contribution in [2.24, 2.45) is 0 Å². The summed E-state index contributed by atoms with van der Waals surface area (Å²) in [7, 11) is 7.66. The number of aromatic nitrogens is 20. The molecule has 0 unspecified atom stereocenters. The van der Waals surface area contributed by atoms with Crippen LogP contribution in [0.4, 0.5) is 46.2 Å². The maximum atomic E-state index is 12.1. The molecule has 8 saturated heterocycles. The van der Waals surface area contributed by atoms with Crippen molar-refractivity contribution in [2.75, 3.05) is 96.0 Å². The number of benzene rings is 3. The average Bonchev–Trinajstić information content (AvgIpc) is 1.62. The number of imidazole rings is 1. The average molecular weight is 2150 g/mol. The number of anilines is 7. The molecule has 49 heteroatoms. The first-order chi connectivity index (χ1) is 72.4. The number of likely N-dealkylation sites (N-methyl/N-ethyl adjacent to an activating group) is 1. The molecule has 8 aliphatic rings. The van der Waals surface area contributed by atoms with E-state index in [1.807, 2.05) is 125 Å². The number of nitrogens with zero attached hydrogens (tertiary/aromatic N) is 22. The van der Waals surface area contributed by atoms with Gasteiger partial charge in [0.15, 0.2) is 34.7 Å². The largest absolute Gasteiger partial charge is 0.399 e. The molecule has 19 heterocycles. The van der Waals surface area contributed by atoms with Gasteiger partial charge in [0.2, 0.25) is 62.1 Å². The molecule has 0 bridgehead atoms. The molecule has 3 amide bonds. The lowest BCUT2D eigenvalue weighted by Gasteiger charge is -2.37. The van der Waals surface area contributed by atoms with Crippen LogP contribution in [0, 0.1) is 0 Å². The highest BCUT2D eigenvalue weighted by Crippen LogP contribution is 2.38. The number of thiazole rings is 1. The van der Waals surface area contributed by atoms with E-state index in [2.05, 4.69) is 158 Å². The van der Waals surface area contributed by atoms with Gasteiger partial charge in [-0.1, -0.05) is 65.6 Å². The first kappa shape index (κ1) is 105. The lowest BCUT2D eigenvalue weighted by molar-refractivity contribution is -0.124. The summed E-state index contributed by atoms with van der Waals surface area (Å²) < 4.78 is 0.783. The molecule has 0 atom stereocenters. The number of amides is 3. The Kier molecular flexibility index (Phi) is 34.1. The molecule has 42 nitrogen and oxygen atoms in total. The molecule has 1 spiro atoms. The number of hydrogen-bond acceptors (Lipinski definition) is 43. The first-order valence-corrected chi connectivity index (χ1v) is 52.5. The SMILES string of the molecule is C=c1[nH]c(=O)s/c1=C\c1ccnc(N(C)CCc2c[nH]c3ccccc23)n1.CN(Cc1cccc(N)c1)c1nccc(/C=C2\SC(=O)CC2=O)n1.CN(Cc1ccsc1)c1nccc(/C=C2\SC(=O)CC2=O)n1.CN(Cc1nc2ccccc2[nH]1)c1nccc(/C=C2\SC(=O)CC2=O)n1.O=C1CC(=O)/C(=C/c2ccnc(N3CCC(c4nn[nH]n4)CC3)n2)S1.O=C1CC(=O)C2(CCN(c3nccc(/C=C4\SC(=O)NC4=O)n3)CC2)N1. The van der Waals surface area contributed by atoms with Gasteiger partial charge < -0.3 is 55.4 Å². The molecular weight excluding hydrogens is 2050 g/mol. The number of piperidine rings is 2. The maximum absolute atomic E-state index is 12.1. The third-order valence-corrected chi connectivity index (χ3v) is 30.0. The molecule has 8 fully saturated rings. The van der Waals surface area contributed by atoms with E-state index in [9.17, 15) is 62.3 Å². The fraction of sp³-hybridized carbons (Fsp3) is 0.238. The Bertz CT molecular complexity index is 7880. The topological polar surface area (TPSA) is 561 Å². The zero-order valence-electron chi connectivity index (χ0n) is 80.7. The number of fused-ring (bicyclic) bond motifs is 2. The summed E-state index contributed by atoms with van der Waals surface area (Å²) >= 11 is 7.53. The van der Waals surface area contributed by atoms with E-state index in [1.165, 1.54) is 16.5 Å². The Morgan fingerprint density at radius 2 is 0.973 bits per heavy atom. The fourth-order valence-corrected chi connectivity index (χ4v) is 21.6. The Labute approximate surface area is 883 Å². The van der Waals surface area contributed by atoms with Gasteiger partial charge in [0.25, 0.3) is 11.1 Å². The Morgan fingerprint density at radius 1 is 0.487 bits per heavy atom. The third-order valence-electron chi connectivity index (χ3n) is 23.9. The van der Waals surface area contributed by atoms with Crippen LogP contribution in [-0.2, 0) is 78.8 Å². The molecule has 8 N–H and O–H groups in total. The van der Waals surface area contributed by atoms with E-state index < -0.39 is 16.7 Å². The maximum Gasteiger partial charge on any atom is 0.305 e. The summed E-state index contributed by atoms with van der Waals surface area (Å²) in [5.74, 6) is 3.97. The predicted octanol–water partition coefficient (Wildman–Crippen LogP) is 10.4. The van der Waals surface area contributed by atoms with Crippen molar-refractivity contribution in [1.29, 1.82) is 0 Å². The zero-order valence-corrected chi connectivity index (χ0v) is 86.4. The normalized spacial score (nSPS) is 17.4. The molecule has 0 radical (unpaired) electrons. The van der Waals surface area contributed by atoms with Gasteiger partial charge in [-0.3, -0.25) is 67.6 Å². The van der Waals surface area contributed by atoms with Crippen molar-refractivity contribution < 1.29 is 57.5 Å². The molecule has 22 rings (SSSR count). The van der Waals surface area contributed by atoms with Gasteiger partial charge in [-0.05, 0) is 228 Å². The van der Waals surface area contributed by atoms with Crippen LogP contribution in [0.3, 0.4) is 0 Å². The lowest BCUT2D eigenvalue weighted by atomic mass is 9.85. The van der Waals surface area contributed by atoms with Crippen molar-refractivity contribution in [3.8, 4) is 0 Å². The Balaban J connectivity index is 0.000000123. The summed E-state index contributed by atoms with van der Waals surface area (Å²) in [5, 5.41) is 24.3. The lowest BCUT2D eigenvalue weighted by Crippen LogP contribution is -2.54. The number of imide groups is 1. The number of nitrogens with one attached hydrogen (secondary N) is 6. The van der Waals surface area contributed by atoms with Crippen LogP contribution in [0.5, 0.6) is 0 Å². The highest BCUT2D eigenvalue weighted by atomic mass is 32.2. The second-order valence-corrected chi connectivity index (χ2v) is 42.0. The number of hydrogen-bond donors (Lipinski definition) is 7. The number of aromatic amines is 4. The predicted molar refractivity (Wildman–Crippen MR) is 579 cm³/mol. The Hall–Kier alpha value is -16.2. The van der Waals surface area contributed by atoms with E-state index in [4.69, 9.17) is 5.73 Å². The minimum Gasteiger partial charge on any atom is -0.399 e. The standard InChI is InChI=1S/C20H19N5OS.C18H15N5O2S.C17H16N4O2S.C16H15N5O4S.C15H15N7O2S.C15H13N3O2S2/c1-13-18(27-20(26)23-13)11-15-7-9-21-19(24-15)25(2)10-8-14-12-22-17-6-4-3-5-16(14)17;1-23(10-16-21-12-4-2-3-5-13(12)22-16)18-19-7-6-11(20-18)8-15-14(24)9-17(25)26-15;1-21(10-11-3-2-4-12(18)7-11)17-19-6-5-13(20-17)8-15-14(22)9-16(23)24-15;22-11-8-12(23)20-16(11)2-5-21(6-3-16)14-17-4-1-9(18-14)7-10-13(24)19-15(25)26-10;23-11-8-13(24)25-12(11)7-10-1-4-16-15(17-10)22-5-2-9(3-6-22)14-18-20-21-19-14;1-18(8-10-3-5-21-9-10)15-16-4-2-11(17-15)6-13-12(19)7-14(20)22-13/h3-7,9,11-12,22H,1,8,10H2,2H3,(H,23,26);2-8H,9-10H2,1H3,(H,21,22);2-8H,9-10,18H2,1H3;1,4,7H,2-3,5-6,8H2,(H,20,23)(H,19,24,25);1,4,7,9H,2-3,5-6,8H2,(H,18,19,20,21);2-6,9H,7-8H2,1H3/b18-11-;2*15-8-;10-7-;12-7-;13-6-. The summed E-state index contributed by atoms with van der Waals surface area (Å²) in [5.41, 5.74) is 16.1. The number of thiophene rings is 1. The number of rotatable bonds is 22. The third kappa shape index (κ3) is 27.8. The van der Waals surface area contributed by atoms with Gasteiger partial charge >= 0.3 is 4.87 Å². The minimum atomic E-state index is -0.744. The number of ketones is 5. The van der Waals surface area contributed by atoms with Gasteiger partial charge in [0.1, 0.15) is 11.4 Å². The highest BCUT2D eigenvalue weighted by molar-refractivity contribution is 8.19. The first-order valence-electron chi connectivity index (χ1n) is 46.7. The number of allylic oxidation sites excluding steroid dienone is 4. The number of carbonyl (C=O) groups excluding carboxylic acids is 12. The molecule has 150 heavy (non-hydrogen) atoms. The second kappa shape index (κ2) is 48.6. The van der Waals surface area contributed by atoms with Crippen molar-refractivity contribution in [3.05, 3.63) is 276 Å². The molecule has 3 aromatic carbocycles. The number of Topliss-reactive ketones (excluding diaryl/α,β-unsaturated/α-hetero) is 5. The van der Waals surface area contributed by atoms with E-state index in [0.29, 0.717) is 140 Å². The van der Waals surface area contributed by atoms with Crippen molar-refractivity contribution in [2.45, 2.75) is 95.3 Å². The van der Waals surface area contributed by atoms with Crippen molar-refractivity contribution in [3.63, 3.8) is 0 Å². The minimum absolute atomic E-state index is 0.0213. The summed E-state index contributed by atoms with van der Waals surface area (Å²) in [6, 6.07) is 36.2.